The van der Waals surface area contributed by atoms with Gasteiger partial charge in [-0.25, -0.2) is 0 Å². The minimum atomic E-state index is -0.499. The summed E-state index contributed by atoms with van der Waals surface area (Å²) in [7, 11) is 0. The van der Waals surface area contributed by atoms with Gasteiger partial charge in [0.25, 0.3) is 5.91 Å². The highest BCUT2D eigenvalue weighted by atomic mass is 35.5. The van der Waals surface area contributed by atoms with Gasteiger partial charge in [0.1, 0.15) is 0 Å². The van der Waals surface area contributed by atoms with Gasteiger partial charge in [-0.1, -0.05) is 39.3 Å². The van der Waals surface area contributed by atoms with Crippen molar-refractivity contribution in [2.24, 2.45) is 11.7 Å². The predicted octanol–water partition coefficient (Wildman–Crippen LogP) is 2.24. The zero-order valence-electron chi connectivity index (χ0n) is 14.1. The Morgan fingerprint density at radius 1 is 1.22 bits per heavy atom. The third-order valence-electron chi connectivity index (χ3n) is 3.75. The van der Waals surface area contributed by atoms with E-state index < -0.39 is 6.04 Å². The number of halogens is 1. The molecule has 2 unspecified atom stereocenters. The highest BCUT2D eigenvalue weighted by Crippen LogP contribution is 2.07. The zero-order chi connectivity index (χ0) is 16.5. The molecule has 0 saturated heterocycles. The van der Waals surface area contributed by atoms with E-state index in [-0.39, 0.29) is 30.1 Å². The van der Waals surface area contributed by atoms with Crippen molar-refractivity contribution in [2.45, 2.75) is 46.2 Å². The summed E-state index contributed by atoms with van der Waals surface area (Å²) in [5, 5.41) is 5.66. The molecule has 6 heteroatoms. The minimum absolute atomic E-state index is 0. The van der Waals surface area contributed by atoms with Crippen LogP contribution in [0.3, 0.4) is 0 Å². The van der Waals surface area contributed by atoms with E-state index in [0.717, 1.165) is 18.4 Å². The quantitative estimate of drug-likeness (QED) is 0.678. The van der Waals surface area contributed by atoms with Crippen LogP contribution in [0.15, 0.2) is 24.3 Å². The fourth-order valence-corrected chi connectivity index (χ4v) is 1.98. The first-order valence-electron chi connectivity index (χ1n) is 7.90. The molecule has 2 atom stereocenters. The Hall–Kier alpha value is -1.59. The van der Waals surface area contributed by atoms with Gasteiger partial charge < -0.3 is 16.4 Å². The summed E-state index contributed by atoms with van der Waals surface area (Å²) in [4.78, 5) is 23.9. The standard InChI is InChI=1S/C17H27N3O2.ClH/c1-4-9-19-16(21)14-8-6-7-13(10-14)11-20-17(22)15(18)12(3)5-2;/h6-8,10,12,15H,4-5,9,11,18H2,1-3H3,(H,19,21)(H,20,22);1H. The molecule has 0 aliphatic heterocycles. The number of nitrogens with two attached hydrogens (primary N) is 1. The lowest BCUT2D eigenvalue weighted by atomic mass is 9.99. The molecule has 130 valence electrons. The van der Waals surface area contributed by atoms with Crippen LogP contribution in [0.1, 0.15) is 49.5 Å². The van der Waals surface area contributed by atoms with Gasteiger partial charge in [0.15, 0.2) is 0 Å². The van der Waals surface area contributed by atoms with Gasteiger partial charge in [-0.2, -0.15) is 0 Å². The lowest BCUT2D eigenvalue weighted by Crippen LogP contribution is -2.44. The molecule has 0 aromatic heterocycles. The molecule has 4 N–H and O–H groups in total. The van der Waals surface area contributed by atoms with Crippen molar-refractivity contribution in [3.8, 4) is 0 Å². The number of benzene rings is 1. The zero-order valence-corrected chi connectivity index (χ0v) is 14.9. The van der Waals surface area contributed by atoms with Gasteiger partial charge in [0.2, 0.25) is 5.91 Å². The topological polar surface area (TPSA) is 84.2 Å². The highest BCUT2D eigenvalue weighted by molar-refractivity contribution is 5.94. The van der Waals surface area contributed by atoms with Crippen molar-refractivity contribution in [1.29, 1.82) is 0 Å². The third-order valence-corrected chi connectivity index (χ3v) is 3.75. The molecular formula is C17H28ClN3O2. The maximum Gasteiger partial charge on any atom is 0.251 e. The Morgan fingerprint density at radius 3 is 2.52 bits per heavy atom. The van der Waals surface area contributed by atoms with Crippen LogP contribution in [0.4, 0.5) is 0 Å². The average molecular weight is 342 g/mol. The first-order chi connectivity index (χ1) is 10.5. The van der Waals surface area contributed by atoms with Crippen LogP contribution in [-0.2, 0) is 11.3 Å². The third kappa shape index (κ3) is 7.01. The van der Waals surface area contributed by atoms with Crippen LogP contribution in [0.5, 0.6) is 0 Å². The molecule has 0 spiro atoms. The molecule has 0 heterocycles. The van der Waals surface area contributed by atoms with Crippen molar-refractivity contribution in [2.75, 3.05) is 6.54 Å². The van der Waals surface area contributed by atoms with Crippen LogP contribution in [-0.4, -0.2) is 24.4 Å². The average Bonchev–Trinajstić information content (AvgIpc) is 2.56. The number of hydrogen-bond donors (Lipinski definition) is 3. The number of hydrogen-bond acceptors (Lipinski definition) is 3. The molecule has 1 aromatic rings. The molecular weight excluding hydrogens is 314 g/mol. The molecule has 0 bridgehead atoms. The van der Waals surface area contributed by atoms with E-state index in [1.165, 1.54) is 0 Å². The molecule has 0 aliphatic carbocycles. The van der Waals surface area contributed by atoms with Gasteiger partial charge in [0, 0.05) is 18.7 Å². The lowest BCUT2D eigenvalue weighted by molar-refractivity contribution is -0.123. The molecule has 1 rings (SSSR count). The number of amides is 2. The summed E-state index contributed by atoms with van der Waals surface area (Å²) >= 11 is 0. The van der Waals surface area contributed by atoms with Gasteiger partial charge in [-0.3, -0.25) is 9.59 Å². The summed E-state index contributed by atoms with van der Waals surface area (Å²) in [6.45, 7) is 7.01. The largest absolute Gasteiger partial charge is 0.352 e. The Morgan fingerprint density at radius 2 is 1.91 bits per heavy atom. The molecule has 0 aliphatic rings. The lowest BCUT2D eigenvalue weighted by Gasteiger charge is -2.17. The van der Waals surface area contributed by atoms with E-state index in [9.17, 15) is 9.59 Å². The summed E-state index contributed by atoms with van der Waals surface area (Å²) < 4.78 is 0. The smallest absolute Gasteiger partial charge is 0.251 e. The van der Waals surface area contributed by atoms with Crippen molar-refractivity contribution < 1.29 is 9.59 Å². The van der Waals surface area contributed by atoms with Crippen LogP contribution in [0, 0.1) is 5.92 Å². The molecule has 2 amide bonds. The van der Waals surface area contributed by atoms with E-state index in [0.29, 0.717) is 18.7 Å². The minimum Gasteiger partial charge on any atom is -0.352 e. The maximum absolute atomic E-state index is 12.0. The molecule has 5 nitrogen and oxygen atoms in total. The summed E-state index contributed by atoms with van der Waals surface area (Å²) in [6.07, 6.45) is 1.76. The van der Waals surface area contributed by atoms with Crippen molar-refractivity contribution in [3.63, 3.8) is 0 Å². The fraction of sp³-hybridized carbons (Fsp3) is 0.529. The number of nitrogens with one attached hydrogen (secondary N) is 2. The Bertz CT molecular complexity index is 508. The number of carbonyl (C=O) groups is 2. The Kier molecular flexibility index (Phi) is 10.3. The first kappa shape index (κ1) is 21.4. The van der Waals surface area contributed by atoms with E-state index in [1.54, 1.807) is 12.1 Å². The van der Waals surface area contributed by atoms with Crippen molar-refractivity contribution >= 4 is 24.2 Å². The van der Waals surface area contributed by atoms with E-state index in [2.05, 4.69) is 10.6 Å². The first-order valence-corrected chi connectivity index (χ1v) is 7.90. The summed E-state index contributed by atoms with van der Waals surface area (Å²) in [5.74, 6) is -0.104. The molecule has 0 radical (unpaired) electrons. The predicted molar refractivity (Wildman–Crippen MR) is 95.6 cm³/mol. The fourth-order valence-electron chi connectivity index (χ4n) is 1.98. The van der Waals surface area contributed by atoms with E-state index >= 15 is 0 Å². The van der Waals surface area contributed by atoms with E-state index in [4.69, 9.17) is 5.73 Å². The normalized spacial score (nSPS) is 12.7. The highest BCUT2D eigenvalue weighted by Gasteiger charge is 2.18. The molecule has 0 saturated carbocycles. The Labute approximate surface area is 144 Å². The molecule has 1 aromatic carbocycles. The second-order valence-electron chi connectivity index (χ2n) is 5.59. The van der Waals surface area contributed by atoms with Gasteiger partial charge in [-0.05, 0) is 30.0 Å². The van der Waals surface area contributed by atoms with Crippen LogP contribution < -0.4 is 16.4 Å². The van der Waals surface area contributed by atoms with Crippen LogP contribution >= 0.6 is 12.4 Å². The van der Waals surface area contributed by atoms with Crippen molar-refractivity contribution in [3.05, 3.63) is 35.4 Å². The molecule has 23 heavy (non-hydrogen) atoms. The van der Waals surface area contributed by atoms with Gasteiger partial charge in [-0.15, -0.1) is 12.4 Å². The monoisotopic (exact) mass is 341 g/mol. The Balaban J connectivity index is 0.00000484. The second-order valence-corrected chi connectivity index (χ2v) is 5.59. The van der Waals surface area contributed by atoms with Gasteiger partial charge in [0.05, 0.1) is 6.04 Å². The SMILES string of the molecule is CCCNC(=O)c1cccc(CNC(=O)C(N)C(C)CC)c1.Cl. The van der Waals surface area contributed by atoms with Crippen molar-refractivity contribution in [1.82, 2.24) is 10.6 Å². The van der Waals surface area contributed by atoms with Crippen LogP contribution in [0.25, 0.3) is 0 Å². The second kappa shape index (κ2) is 11.0. The van der Waals surface area contributed by atoms with E-state index in [1.807, 2.05) is 32.9 Å². The molecule has 0 fully saturated rings. The summed E-state index contributed by atoms with van der Waals surface area (Å²) in [6, 6.07) is 6.75. The maximum atomic E-state index is 12.0. The number of carbonyl (C=O) groups excluding carboxylic acids is 2. The number of rotatable bonds is 8. The summed E-state index contributed by atoms with van der Waals surface area (Å²) in [5.41, 5.74) is 7.38. The van der Waals surface area contributed by atoms with Crippen LogP contribution in [0.2, 0.25) is 0 Å². The van der Waals surface area contributed by atoms with Gasteiger partial charge >= 0.3 is 0 Å².